The molecular formula is C26H40N2O5. The Labute approximate surface area is 198 Å². The van der Waals surface area contributed by atoms with Crippen LogP contribution in [0, 0.1) is 0 Å². The highest BCUT2D eigenvalue weighted by Crippen LogP contribution is 2.19. The van der Waals surface area contributed by atoms with Crippen LogP contribution in [-0.4, -0.2) is 54.5 Å². The summed E-state index contributed by atoms with van der Waals surface area (Å²) in [4.78, 5) is 39.5. The van der Waals surface area contributed by atoms with E-state index in [2.05, 4.69) is 12.2 Å². The van der Waals surface area contributed by atoms with Crippen LogP contribution in [0.15, 0.2) is 24.3 Å². The van der Waals surface area contributed by atoms with Gasteiger partial charge in [0.2, 0.25) is 5.91 Å². The number of carbonyl (C=O) groups is 3. The maximum absolute atomic E-state index is 13.1. The molecule has 1 saturated heterocycles. The van der Waals surface area contributed by atoms with Crippen LogP contribution in [0.4, 0.5) is 0 Å². The molecular weight excluding hydrogens is 420 g/mol. The highest BCUT2D eigenvalue weighted by Gasteiger charge is 2.35. The quantitative estimate of drug-likeness (QED) is 0.327. The Kier molecular flexibility index (Phi) is 11.8. The average Bonchev–Trinajstić information content (AvgIpc) is 2.78. The van der Waals surface area contributed by atoms with Crippen molar-refractivity contribution in [1.29, 1.82) is 0 Å². The van der Waals surface area contributed by atoms with Gasteiger partial charge in [-0.1, -0.05) is 57.9 Å². The Morgan fingerprint density at radius 2 is 1.79 bits per heavy atom. The van der Waals surface area contributed by atoms with Gasteiger partial charge in [0.25, 0.3) is 5.91 Å². The van der Waals surface area contributed by atoms with E-state index in [1.54, 1.807) is 24.3 Å². The van der Waals surface area contributed by atoms with Crippen molar-refractivity contribution in [3.8, 4) is 5.75 Å². The highest BCUT2D eigenvalue weighted by molar-refractivity contribution is 5.99. The average molecular weight is 461 g/mol. The number of nitrogens with one attached hydrogen (secondary N) is 1. The lowest BCUT2D eigenvalue weighted by molar-refractivity contribution is -0.147. The Morgan fingerprint density at radius 1 is 1.09 bits per heavy atom. The molecule has 1 aliphatic heterocycles. The summed E-state index contributed by atoms with van der Waals surface area (Å²) >= 11 is 0. The fourth-order valence-corrected chi connectivity index (χ4v) is 3.94. The van der Waals surface area contributed by atoms with E-state index in [-0.39, 0.29) is 24.3 Å². The van der Waals surface area contributed by atoms with Crippen molar-refractivity contribution in [3.05, 3.63) is 29.8 Å². The summed E-state index contributed by atoms with van der Waals surface area (Å²) in [5.41, 5.74) is 0.431. The van der Waals surface area contributed by atoms with E-state index in [1.165, 1.54) is 37.0 Å². The third-order valence-electron chi connectivity index (χ3n) is 5.67. The second-order valence-electron chi connectivity index (χ2n) is 8.90. The number of nitrogens with zero attached hydrogens (tertiary/aromatic N) is 1. The van der Waals surface area contributed by atoms with Crippen LogP contribution in [-0.2, 0) is 14.3 Å². The number of hydrogen-bond donors (Lipinski definition) is 1. The topological polar surface area (TPSA) is 84.9 Å². The largest absolute Gasteiger partial charge is 0.491 e. The first kappa shape index (κ1) is 26.7. The lowest BCUT2D eigenvalue weighted by Crippen LogP contribution is -2.57. The van der Waals surface area contributed by atoms with E-state index in [9.17, 15) is 14.4 Å². The van der Waals surface area contributed by atoms with Gasteiger partial charge in [-0.3, -0.25) is 14.4 Å². The Hall–Kier alpha value is -2.57. The molecule has 1 unspecified atom stereocenters. The van der Waals surface area contributed by atoms with E-state index in [0.29, 0.717) is 31.0 Å². The molecule has 1 fully saturated rings. The van der Waals surface area contributed by atoms with Crippen molar-refractivity contribution >= 4 is 17.8 Å². The zero-order valence-electron chi connectivity index (χ0n) is 20.4. The number of unbranched alkanes of at least 4 members (excludes halogenated alkanes) is 7. The third kappa shape index (κ3) is 9.44. The summed E-state index contributed by atoms with van der Waals surface area (Å²) in [5, 5.41) is 2.75. The zero-order chi connectivity index (χ0) is 24.1. The highest BCUT2D eigenvalue weighted by atomic mass is 16.5. The number of amides is 2. The molecule has 1 aromatic carbocycles. The van der Waals surface area contributed by atoms with Crippen molar-refractivity contribution in [2.75, 3.05) is 19.7 Å². The molecule has 7 heteroatoms. The molecule has 1 aliphatic rings. The molecule has 7 nitrogen and oxygen atoms in total. The summed E-state index contributed by atoms with van der Waals surface area (Å²) in [7, 11) is 0. The van der Waals surface area contributed by atoms with Crippen LogP contribution in [0.5, 0.6) is 5.75 Å². The van der Waals surface area contributed by atoms with Crippen LogP contribution in [0.1, 0.15) is 88.9 Å². The first-order valence-electron chi connectivity index (χ1n) is 12.4. The van der Waals surface area contributed by atoms with Crippen molar-refractivity contribution in [3.63, 3.8) is 0 Å². The third-order valence-corrected chi connectivity index (χ3v) is 5.67. The Bertz CT molecular complexity index is 765. The lowest BCUT2D eigenvalue weighted by Gasteiger charge is -2.34. The predicted octanol–water partition coefficient (Wildman–Crippen LogP) is 4.49. The summed E-state index contributed by atoms with van der Waals surface area (Å²) in [6, 6.07) is 6.04. The van der Waals surface area contributed by atoms with E-state index in [4.69, 9.17) is 9.47 Å². The monoisotopic (exact) mass is 460 g/mol. The molecule has 1 N–H and O–H groups in total. The molecule has 1 heterocycles. The van der Waals surface area contributed by atoms with Crippen molar-refractivity contribution in [2.45, 2.75) is 90.7 Å². The maximum atomic E-state index is 13.1. The molecule has 33 heavy (non-hydrogen) atoms. The van der Waals surface area contributed by atoms with Gasteiger partial charge in [-0.2, -0.15) is 0 Å². The smallest absolute Gasteiger partial charge is 0.308 e. The first-order chi connectivity index (χ1) is 15.9. The predicted molar refractivity (Wildman–Crippen MR) is 128 cm³/mol. The van der Waals surface area contributed by atoms with Crippen LogP contribution >= 0.6 is 0 Å². The van der Waals surface area contributed by atoms with E-state index >= 15 is 0 Å². The molecule has 2 amide bonds. The minimum atomic E-state index is -0.869. The number of rotatable bonds is 14. The lowest BCUT2D eigenvalue weighted by atomic mass is 10.1. The number of piperazine rings is 1. The fourth-order valence-electron chi connectivity index (χ4n) is 3.94. The molecule has 0 bridgehead atoms. The van der Waals surface area contributed by atoms with Gasteiger partial charge in [-0.25, -0.2) is 0 Å². The summed E-state index contributed by atoms with van der Waals surface area (Å²) in [5.74, 6) is -0.471. The van der Waals surface area contributed by atoms with E-state index in [1.807, 2.05) is 13.8 Å². The molecule has 0 aliphatic carbocycles. The zero-order valence-corrected chi connectivity index (χ0v) is 20.4. The maximum Gasteiger partial charge on any atom is 0.308 e. The Morgan fingerprint density at radius 3 is 2.48 bits per heavy atom. The van der Waals surface area contributed by atoms with Gasteiger partial charge in [0.1, 0.15) is 11.8 Å². The van der Waals surface area contributed by atoms with Gasteiger partial charge >= 0.3 is 5.97 Å². The SMILES string of the molecule is CCCCCCCCCCOC(=O)CC1C(=O)NCCN1C(=O)c1cccc(OC(C)C)c1. The number of hydrogen-bond acceptors (Lipinski definition) is 5. The Balaban J connectivity index is 1.84. The minimum Gasteiger partial charge on any atom is -0.491 e. The van der Waals surface area contributed by atoms with Gasteiger partial charge in [-0.05, 0) is 38.5 Å². The molecule has 1 aromatic rings. The van der Waals surface area contributed by atoms with Crippen molar-refractivity contribution in [2.24, 2.45) is 0 Å². The van der Waals surface area contributed by atoms with Gasteiger partial charge in [0.05, 0.1) is 19.1 Å². The van der Waals surface area contributed by atoms with Gasteiger partial charge in [0, 0.05) is 18.7 Å². The van der Waals surface area contributed by atoms with E-state index < -0.39 is 12.0 Å². The standard InChI is InChI=1S/C26H40N2O5/c1-4-5-6-7-8-9-10-11-17-32-24(29)19-23-25(30)27-15-16-28(23)26(31)21-13-12-14-22(18-21)33-20(2)3/h12-14,18,20,23H,4-11,15-17,19H2,1-3H3,(H,27,30). The van der Waals surface area contributed by atoms with Gasteiger partial charge in [-0.15, -0.1) is 0 Å². The molecule has 0 aromatic heterocycles. The second kappa shape index (κ2) is 14.6. The number of benzene rings is 1. The van der Waals surface area contributed by atoms with Crippen LogP contribution in [0.3, 0.4) is 0 Å². The van der Waals surface area contributed by atoms with Gasteiger partial charge < -0.3 is 19.7 Å². The summed E-state index contributed by atoms with van der Waals surface area (Å²) in [6.07, 6.45) is 9.16. The van der Waals surface area contributed by atoms with Crippen molar-refractivity contribution in [1.82, 2.24) is 10.2 Å². The molecule has 0 saturated carbocycles. The van der Waals surface area contributed by atoms with Crippen LogP contribution < -0.4 is 10.1 Å². The number of carbonyl (C=O) groups excluding carboxylic acids is 3. The fraction of sp³-hybridized carbons (Fsp3) is 0.654. The van der Waals surface area contributed by atoms with Crippen molar-refractivity contribution < 1.29 is 23.9 Å². The number of ether oxygens (including phenoxy) is 2. The molecule has 184 valence electrons. The first-order valence-corrected chi connectivity index (χ1v) is 12.4. The van der Waals surface area contributed by atoms with Crippen LogP contribution in [0.2, 0.25) is 0 Å². The summed E-state index contributed by atoms with van der Waals surface area (Å²) < 4.78 is 11.0. The minimum absolute atomic E-state index is 0.0142. The van der Waals surface area contributed by atoms with Crippen LogP contribution in [0.25, 0.3) is 0 Å². The summed E-state index contributed by atoms with van der Waals surface area (Å²) in [6.45, 7) is 7.09. The van der Waals surface area contributed by atoms with E-state index in [0.717, 1.165) is 19.3 Å². The second-order valence-corrected chi connectivity index (χ2v) is 8.90. The number of esters is 1. The van der Waals surface area contributed by atoms with Gasteiger partial charge in [0.15, 0.2) is 0 Å². The normalized spacial score (nSPS) is 15.9. The molecule has 0 radical (unpaired) electrons. The molecule has 2 rings (SSSR count). The molecule has 1 atom stereocenters. The molecule has 0 spiro atoms.